The number of aliphatic hydroxyl groups excluding tert-OH is 1. The summed E-state index contributed by atoms with van der Waals surface area (Å²) < 4.78 is 0. The van der Waals surface area contributed by atoms with E-state index in [1.807, 2.05) is 32.6 Å². The number of hydrogen-bond acceptors (Lipinski definition) is 3. The number of aliphatic hydroxyl groups is 1. The summed E-state index contributed by atoms with van der Waals surface area (Å²) in [5.41, 5.74) is -0.0101. The zero-order valence-electron chi connectivity index (χ0n) is 29.8. The van der Waals surface area contributed by atoms with Gasteiger partial charge in [-0.15, -0.1) is 0 Å². The van der Waals surface area contributed by atoms with Crippen molar-refractivity contribution in [2.75, 3.05) is 11.5 Å². The Labute approximate surface area is 274 Å². The highest BCUT2D eigenvalue weighted by atomic mass is 127. The van der Waals surface area contributed by atoms with E-state index in [0.717, 1.165) is 44.9 Å². The number of halogens is 1. The number of carboxylic acid groups (broad SMARTS) is 1. The Bertz CT molecular complexity index is 885. The van der Waals surface area contributed by atoms with Crippen LogP contribution in [0.3, 0.4) is 0 Å². The molecule has 5 saturated carbocycles. The maximum atomic E-state index is 12.9. The molecule has 9 atom stereocenters. The Balaban J connectivity index is 0.000000890. The minimum Gasteiger partial charge on any atom is -0.481 e. The predicted octanol–water partition coefficient (Wildman–Crippen LogP) is 10.5. The normalized spacial score (nSPS) is 42.6. The average Bonchev–Trinajstić information content (AvgIpc) is 3.37. The van der Waals surface area contributed by atoms with Crippen LogP contribution in [-0.4, -0.2) is 33.5 Å². The monoisotopic (exact) mass is 704 g/mol. The number of rotatable bonds is 2. The molecule has 0 aromatic carbocycles. The van der Waals surface area contributed by atoms with Gasteiger partial charge < -0.3 is 10.2 Å². The van der Waals surface area contributed by atoms with Crippen LogP contribution in [0.15, 0.2) is 0 Å². The van der Waals surface area contributed by atoms with Crippen molar-refractivity contribution in [3.8, 4) is 0 Å². The lowest BCUT2D eigenvalue weighted by atomic mass is 9.32. The molecule has 3 unspecified atom stereocenters. The third-order valence-electron chi connectivity index (χ3n) is 13.5. The molecule has 0 bridgehead atoms. The summed E-state index contributed by atoms with van der Waals surface area (Å²) in [6.07, 6.45) is 10.5. The Morgan fingerprint density at radius 2 is 1.38 bits per heavy atom. The molecule has 0 radical (unpaired) electrons. The van der Waals surface area contributed by atoms with Gasteiger partial charge in [0, 0.05) is 18.4 Å². The molecule has 248 valence electrons. The lowest BCUT2D eigenvalue weighted by Crippen LogP contribution is -2.66. The summed E-state index contributed by atoms with van der Waals surface area (Å²) >= 11 is 2.15. The van der Waals surface area contributed by atoms with Crippen molar-refractivity contribution >= 4 is 34.3 Å². The summed E-state index contributed by atoms with van der Waals surface area (Å²) in [4.78, 5) is 27.7. The number of carbonyl (C=O) groups excluding carboxylic acids is 1. The van der Waals surface area contributed by atoms with Crippen LogP contribution in [0.2, 0.25) is 0 Å². The first-order chi connectivity index (χ1) is 19.7. The third-order valence-corrected chi connectivity index (χ3v) is 13.5. The first kappa shape index (κ1) is 39.9. The van der Waals surface area contributed by atoms with Crippen molar-refractivity contribution in [1.82, 2.24) is 0 Å². The molecule has 5 fully saturated rings. The van der Waals surface area contributed by atoms with Gasteiger partial charge in [-0.2, -0.15) is 0 Å². The number of Topliss-reactive ketones (excluding diaryl/α,β-unsaturated/α-hetero) is 1. The fourth-order valence-electron chi connectivity index (χ4n) is 11.6. The molecule has 42 heavy (non-hydrogen) atoms. The van der Waals surface area contributed by atoms with Crippen LogP contribution in [0.25, 0.3) is 0 Å². The second kappa shape index (κ2) is 15.4. The second-order valence-corrected chi connectivity index (χ2v) is 15.1. The van der Waals surface area contributed by atoms with Crippen LogP contribution < -0.4 is 0 Å². The lowest BCUT2D eigenvalue weighted by Gasteiger charge is -2.72. The number of ketones is 1. The molecule has 0 aromatic rings. The van der Waals surface area contributed by atoms with Crippen molar-refractivity contribution in [1.29, 1.82) is 0 Å². The third kappa shape index (κ3) is 6.15. The lowest BCUT2D eigenvalue weighted by molar-refractivity contribution is -0.237. The zero-order chi connectivity index (χ0) is 32.9. The molecule has 0 aliphatic heterocycles. The summed E-state index contributed by atoms with van der Waals surface area (Å²) in [7, 11) is 0. The van der Waals surface area contributed by atoms with Crippen LogP contribution in [-0.2, 0) is 9.59 Å². The molecule has 5 aliphatic carbocycles. The van der Waals surface area contributed by atoms with Gasteiger partial charge in [0.05, 0.1) is 5.41 Å². The van der Waals surface area contributed by atoms with Crippen molar-refractivity contribution in [2.24, 2.45) is 62.6 Å². The van der Waals surface area contributed by atoms with Gasteiger partial charge in [-0.05, 0) is 121 Å². The molecular weight excluding hydrogens is 635 g/mol. The summed E-state index contributed by atoms with van der Waals surface area (Å²) in [6, 6.07) is 0. The summed E-state index contributed by atoms with van der Waals surface area (Å²) in [5, 5.41) is 18.1. The quantitative estimate of drug-likeness (QED) is 0.222. The van der Waals surface area contributed by atoms with Gasteiger partial charge in [-0.25, -0.2) is 0 Å². The fourth-order valence-corrected chi connectivity index (χ4v) is 11.6. The number of aliphatic carboxylic acids is 1. The molecule has 0 saturated heterocycles. The van der Waals surface area contributed by atoms with E-state index in [-0.39, 0.29) is 28.3 Å². The van der Waals surface area contributed by atoms with E-state index in [4.69, 9.17) is 5.11 Å². The molecule has 0 heterocycles. The smallest absolute Gasteiger partial charge is 0.309 e. The predicted molar refractivity (Wildman–Crippen MR) is 187 cm³/mol. The van der Waals surface area contributed by atoms with Crippen LogP contribution in [0.5, 0.6) is 0 Å². The number of hydrogen-bond donors (Lipinski definition) is 2. The molecule has 2 N–H and O–H groups in total. The second-order valence-electron chi connectivity index (χ2n) is 15.1. The van der Waals surface area contributed by atoms with Crippen molar-refractivity contribution in [3.05, 3.63) is 0 Å². The molecule has 0 aromatic heterocycles. The van der Waals surface area contributed by atoms with Gasteiger partial charge in [0.2, 0.25) is 0 Å². The Morgan fingerprint density at radius 3 is 1.88 bits per heavy atom. The average molecular weight is 705 g/mol. The van der Waals surface area contributed by atoms with Crippen LogP contribution in [0.4, 0.5) is 0 Å². The van der Waals surface area contributed by atoms with E-state index >= 15 is 0 Å². The van der Waals surface area contributed by atoms with E-state index in [1.54, 1.807) is 6.92 Å². The van der Waals surface area contributed by atoms with Crippen LogP contribution >= 0.6 is 22.6 Å². The molecule has 4 nitrogen and oxygen atoms in total. The summed E-state index contributed by atoms with van der Waals surface area (Å²) in [6.45, 7) is 26.7. The van der Waals surface area contributed by atoms with Gasteiger partial charge >= 0.3 is 5.97 Å². The van der Waals surface area contributed by atoms with Crippen molar-refractivity contribution < 1.29 is 19.8 Å². The topological polar surface area (TPSA) is 74.6 Å². The SMILES string of the molecule is CC.CC.CC(C)C1CC[C@]2(C(=O)O)CC[C@]3(C)[C@H](CC[C@@H]4[C@@]5(C)CCC(=O)C(C)(C)C5CC[C@]43C)C12.CCO.CI. The Morgan fingerprint density at radius 1 is 0.833 bits per heavy atom. The number of carbonyl (C=O) groups is 2. The Hall–Kier alpha value is -0.170. The van der Waals surface area contributed by atoms with Gasteiger partial charge in [0.15, 0.2) is 0 Å². The molecule has 5 rings (SSSR count). The highest BCUT2D eigenvalue weighted by Crippen LogP contribution is 2.77. The van der Waals surface area contributed by atoms with Crippen LogP contribution in [0.1, 0.15) is 147 Å². The van der Waals surface area contributed by atoms with Crippen LogP contribution in [0, 0.1) is 62.6 Å². The van der Waals surface area contributed by atoms with Gasteiger partial charge in [-0.1, -0.05) is 98.8 Å². The largest absolute Gasteiger partial charge is 0.481 e. The number of alkyl halides is 1. The number of carboxylic acids is 1. The van der Waals surface area contributed by atoms with E-state index in [9.17, 15) is 14.7 Å². The van der Waals surface area contributed by atoms with Crippen molar-refractivity contribution in [3.63, 3.8) is 0 Å². The zero-order valence-corrected chi connectivity index (χ0v) is 32.0. The molecule has 5 heteroatoms. The molecular formula is C37H69IO4. The minimum atomic E-state index is -0.506. The summed E-state index contributed by atoms with van der Waals surface area (Å²) in [5.74, 6) is 3.07. The minimum absolute atomic E-state index is 0.203. The van der Waals surface area contributed by atoms with E-state index in [0.29, 0.717) is 41.3 Å². The first-order valence-electron chi connectivity index (χ1n) is 17.4. The maximum absolute atomic E-state index is 12.9. The fraction of sp³-hybridized carbons (Fsp3) is 0.946. The molecule has 5 aliphatic rings. The van der Waals surface area contributed by atoms with Gasteiger partial charge in [0.25, 0.3) is 0 Å². The van der Waals surface area contributed by atoms with Gasteiger partial charge in [0.1, 0.15) is 5.78 Å². The first-order valence-corrected chi connectivity index (χ1v) is 19.6. The van der Waals surface area contributed by atoms with Gasteiger partial charge in [-0.3, -0.25) is 9.59 Å². The Kier molecular flexibility index (Phi) is 14.6. The van der Waals surface area contributed by atoms with E-state index in [1.165, 1.54) is 19.3 Å². The molecule has 0 spiro atoms. The highest BCUT2D eigenvalue weighted by Gasteiger charge is 2.72. The standard InChI is InChI=1S/C30H48O3.C2H6O.2C2H6.CH3I/c1-18(2)19-10-15-30(25(32)33)17-16-28(6)20(24(19)30)8-9-22-27(5)13-12-23(31)26(3,4)21(27)11-14-29(22,28)7;1-2-3;3*1-2/h18-22,24H,8-17H2,1-7H3,(H,32,33);3H,2H2,1H3;2*1-2H3;1H3/t19?,20-,21?,22-,24?,27+,28-,29-,30+;;;;/m1..../s1. The van der Waals surface area contributed by atoms with Crippen molar-refractivity contribution in [2.45, 2.75) is 147 Å². The maximum Gasteiger partial charge on any atom is 0.309 e. The number of fused-ring (bicyclic) bond motifs is 7. The van der Waals surface area contributed by atoms with E-state index in [2.05, 4.69) is 71.1 Å². The molecule has 0 amide bonds. The van der Waals surface area contributed by atoms with E-state index < -0.39 is 11.4 Å². The highest BCUT2D eigenvalue weighted by molar-refractivity contribution is 14.1.